The Kier molecular flexibility index (Phi) is 36.6. The summed E-state index contributed by atoms with van der Waals surface area (Å²) in [4.78, 5) is 22.5. The summed E-state index contributed by atoms with van der Waals surface area (Å²) < 4.78 is 33.0. The minimum Gasteiger partial charge on any atom is -0.498 e. The van der Waals surface area contributed by atoms with Gasteiger partial charge in [0.25, 0.3) is 0 Å². The summed E-state index contributed by atoms with van der Waals surface area (Å²) in [5.41, 5.74) is 0. The molecule has 3 N–H and O–H groups in total. The lowest BCUT2D eigenvalue weighted by Crippen LogP contribution is -2.28. The number of hydrogen-bond acceptors (Lipinski definition) is 8. The van der Waals surface area contributed by atoms with Crippen molar-refractivity contribution in [3.8, 4) is 0 Å². The first-order valence-electron chi connectivity index (χ1n) is 20.4. The number of hydrogen-bond donors (Lipinski definition) is 3. The van der Waals surface area contributed by atoms with Crippen LogP contribution >= 0.6 is 7.82 Å². The summed E-state index contributed by atoms with van der Waals surface area (Å²) in [5, 5.41) is 18.3. The molecule has 0 bridgehead atoms. The molecule has 0 heterocycles. The lowest BCUT2D eigenvalue weighted by molar-refractivity contribution is -0.153. The van der Waals surface area contributed by atoms with Crippen molar-refractivity contribution in [3.05, 3.63) is 24.5 Å². The van der Waals surface area contributed by atoms with Crippen molar-refractivity contribution in [1.82, 2.24) is 0 Å². The molecule has 0 rings (SSSR count). The molecule has 296 valence electrons. The number of phosphoric ester groups is 1. The fraction of sp³-hybridized carbons (Fsp3) is 0.875. The Labute approximate surface area is 306 Å². The van der Waals surface area contributed by atoms with E-state index in [1.807, 2.05) is 6.08 Å². The Hall–Kier alpha value is -1.22. The van der Waals surface area contributed by atoms with Gasteiger partial charge in [-0.05, 0) is 51.0 Å². The van der Waals surface area contributed by atoms with Crippen LogP contribution in [-0.4, -0.2) is 59.7 Å². The number of phosphoric acid groups is 1. The molecule has 0 aliphatic carbocycles. The van der Waals surface area contributed by atoms with Crippen molar-refractivity contribution in [3.63, 3.8) is 0 Å². The predicted octanol–water partition coefficient (Wildman–Crippen LogP) is 11.0. The lowest BCUT2D eigenvalue weighted by Gasteiger charge is -2.20. The van der Waals surface area contributed by atoms with Gasteiger partial charge in [0, 0.05) is 6.42 Å². The average Bonchev–Trinajstić information content (AvgIpc) is 3.10. The predicted molar refractivity (Wildman–Crippen MR) is 205 cm³/mol. The van der Waals surface area contributed by atoms with E-state index in [0.29, 0.717) is 6.42 Å². The number of allylic oxidation sites excluding steroid dienone is 3. The highest BCUT2D eigenvalue weighted by Gasteiger charge is 2.26. The van der Waals surface area contributed by atoms with E-state index in [1.54, 1.807) is 6.26 Å². The zero-order valence-electron chi connectivity index (χ0n) is 32.1. The molecule has 0 amide bonds. The zero-order chi connectivity index (χ0) is 36.8. The van der Waals surface area contributed by atoms with Crippen LogP contribution in [0.5, 0.6) is 0 Å². The van der Waals surface area contributed by atoms with E-state index < -0.39 is 45.8 Å². The van der Waals surface area contributed by atoms with E-state index in [4.69, 9.17) is 23.6 Å². The number of carbonyl (C=O) groups excluding carboxylic acids is 1. The number of aliphatic hydroxyl groups is 2. The number of aliphatic hydroxyl groups excluding tert-OH is 2. The Bertz CT molecular complexity index is 836. The molecule has 9 nitrogen and oxygen atoms in total. The molecule has 0 saturated carbocycles. The van der Waals surface area contributed by atoms with E-state index in [9.17, 15) is 19.4 Å². The fourth-order valence-corrected chi connectivity index (χ4v) is 6.34. The molecule has 0 aromatic carbocycles. The van der Waals surface area contributed by atoms with Crippen LogP contribution in [-0.2, 0) is 27.9 Å². The highest BCUT2D eigenvalue weighted by atomic mass is 31.2. The molecule has 10 heteroatoms. The van der Waals surface area contributed by atoms with Crippen LogP contribution in [0.25, 0.3) is 0 Å². The van der Waals surface area contributed by atoms with E-state index >= 15 is 0 Å². The molecular weight excluding hydrogens is 655 g/mol. The third-order valence-corrected chi connectivity index (χ3v) is 9.65. The van der Waals surface area contributed by atoms with Crippen molar-refractivity contribution in [2.45, 2.75) is 199 Å². The molecule has 3 atom stereocenters. The van der Waals surface area contributed by atoms with Gasteiger partial charge in [0.1, 0.15) is 12.7 Å². The van der Waals surface area contributed by atoms with Gasteiger partial charge < -0.3 is 24.6 Å². The molecule has 0 radical (unpaired) electrons. The normalized spacial score (nSPS) is 14.3. The molecule has 0 saturated heterocycles. The lowest BCUT2D eigenvalue weighted by atomic mass is 10.0. The SMILES string of the molecule is CCCCCCCC/C=C\CCCCCCCC(=O)O[C@H](CO/C=C\CCCCCCCCCCCCCC)COP(=O)(O)OC[C@@H](O)CO. The van der Waals surface area contributed by atoms with Crippen molar-refractivity contribution in [2.75, 3.05) is 26.4 Å². The molecular formula is C40H77O9P. The van der Waals surface area contributed by atoms with E-state index in [0.717, 1.165) is 44.9 Å². The summed E-state index contributed by atoms with van der Waals surface area (Å²) in [5.74, 6) is -0.412. The second kappa shape index (κ2) is 37.5. The molecule has 0 aromatic rings. The maximum atomic E-state index is 12.6. The minimum absolute atomic E-state index is 0.0354. The number of carbonyl (C=O) groups is 1. The maximum Gasteiger partial charge on any atom is 0.472 e. The minimum atomic E-state index is -4.53. The smallest absolute Gasteiger partial charge is 0.472 e. The first-order valence-corrected chi connectivity index (χ1v) is 21.9. The van der Waals surface area contributed by atoms with Gasteiger partial charge in [-0.25, -0.2) is 4.57 Å². The molecule has 0 spiro atoms. The Morgan fingerprint density at radius 3 is 1.50 bits per heavy atom. The standard InChI is InChI=1S/C40H77O9P/c1-3-5-7-9-11-13-15-17-19-20-22-24-26-28-30-32-40(43)49-39(37-48-50(44,45)47-35-38(42)34-41)36-46-33-31-29-27-25-23-21-18-16-14-12-10-8-6-4-2/h17,19,31,33,38-39,41-42H,3-16,18,20-30,32,34-37H2,1-2H3,(H,44,45)/b19-17-,33-31-/t38-,39+/m0/s1. The van der Waals surface area contributed by atoms with Crippen LogP contribution in [0.4, 0.5) is 0 Å². The number of unbranched alkanes of at least 4 members (excludes halogenated alkanes) is 23. The summed E-state index contributed by atoms with van der Waals surface area (Å²) in [6.07, 6.45) is 37.9. The first kappa shape index (κ1) is 48.8. The molecule has 0 fully saturated rings. The summed E-state index contributed by atoms with van der Waals surface area (Å²) >= 11 is 0. The maximum absolute atomic E-state index is 12.6. The fourth-order valence-electron chi connectivity index (χ4n) is 5.55. The van der Waals surface area contributed by atoms with Gasteiger partial charge in [-0.1, -0.05) is 148 Å². The summed E-state index contributed by atoms with van der Waals surface area (Å²) in [6, 6.07) is 0. The topological polar surface area (TPSA) is 132 Å². The number of esters is 1. The van der Waals surface area contributed by atoms with Gasteiger partial charge in [-0.15, -0.1) is 0 Å². The van der Waals surface area contributed by atoms with Gasteiger partial charge >= 0.3 is 13.8 Å². The Morgan fingerprint density at radius 2 is 1.02 bits per heavy atom. The van der Waals surface area contributed by atoms with Crippen molar-refractivity contribution in [2.24, 2.45) is 0 Å². The largest absolute Gasteiger partial charge is 0.498 e. The van der Waals surface area contributed by atoms with Gasteiger partial charge in [-0.2, -0.15) is 0 Å². The Morgan fingerprint density at radius 1 is 0.600 bits per heavy atom. The summed E-state index contributed by atoms with van der Waals surface area (Å²) in [6.45, 7) is 2.87. The van der Waals surface area contributed by atoms with E-state index in [1.165, 1.54) is 116 Å². The molecule has 0 aliphatic heterocycles. The van der Waals surface area contributed by atoms with Crippen molar-refractivity contribution >= 4 is 13.8 Å². The second-order valence-corrected chi connectivity index (χ2v) is 15.2. The number of ether oxygens (including phenoxy) is 2. The average molecular weight is 733 g/mol. The van der Waals surface area contributed by atoms with Crippen LogP contribution in [0.1, 0.15) is 187 Å². The van der Waals surface area contributed by atoms with E-state index in [-0.39, 0.29) is 13.0 Å². The van der Waals surface area contributed by atoms with E-state index in [2.05, 4.69) is 26.0 Å². The van der Waals surface area contributed by atoms with Crippen LogP contribution in [0.15, 0.2) is 24.5 Å². The van der Waals surface area contributed by atoms with Gasteiger partial charge in [-0.3, -0.25) is 13.8 Å². The van der Waals surface area contributed by atoms with Gasteiger partial charge in [0.15, 0.2) is 6.10 Å². The highest BCUT2D eigenvalue weighted by molar-refractivity contribution is 7.47. The van der Waals surface area contributed by atoms with Crippen LogP contribution in [0.3, 0.4) is 0 Å². The third kappa shape index (κ3) is 36.6. The van der Waals surface area contributed by atoms with Crippen molar-refractivity contribution < 1.29 is 43.0 Å². The Balaban J connectivity index is 4.26. The first-order chi connectivity index (χ1) is 24.3. The molecule has 1 unspecified atom stereocenters. The van der Waals surface area contributed by atoms with Crippen molar-refractivity contribution in [1.29, 1.82) is 0 Å². The molecule has 0 aliphatic rings. The second-order valence-electron chi connectivity index (χ2n) is 13.7. The molecule has 50 heavy (non-hydrogen) atoms. The zero-order valence-corrected chi connectivity index (χ0v) is 33.0. The van der Waals surface area contributed by atoms with Crippen LogP contribution in [0, 0.1) is 0 Å². The third-order valence-electron chi connectivity index (χ3n) is 8.70. The number of rotatable bonds is 39. The summed E-state index contributed by atoms with van der Waals surface area (Å²) in [7, 11) is -4.53. The van der Waals surface area contributed by atoms with Gasteiger partial charge in [0.05, 0.1) is 26.1 Å². The molecule has 0 aromatic heterocycles. The van der Waals surface area contributed by atoms with Crippen LogP contribution < -0.4 is 0 Å². The van der Waals surface area contributed by atoms with Gasteiger partial charge in [0.2, 0.25) is 0 Å². The highest BCUT2D eigenvalue weighted by Crippen LogP contribution is 2.43. The van der Waals surface area contributed by atoms with Crippen LogP contribution in [0.2, 0.25) is 0 Å². The quantitative estimate of drug-likeness (QED) is 0.0186. The monoisotopic (exact) mass is 733 g/mol.